The Balaban J connectivity index is 0.00000220. The van der Waals surface area contributed by atoms with E-state index >= 15 is 0 Å². The maximum atomic E-state index is 8.92. The zero-order chi connectivity index (χ0) is 14.4. The highest BCUT2D eigenvalue weighted by atomic mass is 35.5. The van der Waals surface area contributed by atoms with Crippen LogP contribution in [-0.2, 0) is 0 Å². The average Bonchev–Trinajstić information content (AvgIpc) is 2.48. The Morgan fingerprint density at radius 2 is 1.76 bits per heavy atom. The molecular weight excluding hydrogens is 325 g/mol. The number of benzene rings is 2. The van der Waals surface area contributed by atoms with Gasteiger partial charge in [0.05, 0.1) is 0 Å². The lowest BCUT2D eigenvalue weighted by Crippen LogP contribution is -2.11. The normalized spacial score (nSPS) is 11.8. The molecule has 0 saturated carbocycles. The van der Waals surface area contributed by atoms with Crippen LogP contribution in [0.1, 0.15) is 24.4 Å². The van der Waals surface area contributed by atoms with Crippen molar-refractivity contribution in [3.63, 3.8) is 0 Å². The molecule has 0 fully saturated rings. The predicted molar refractivity (Wildman–Crippen MR) is 92.5 cm³/mol. The Morgan fingerprint density at radius 1 is 1.10 bits per heavy atom. The van der Waals surface area contributed by atoms with E-state index in [9.17, 15) is 0 Å². The Hall–Kier alpha value is -0.710. The third kappa shape index (κ3) is 5.53. The lowest BCUT2D eigenvalue weighted by atomic mass is 10.0. The molecule has 0 amide bonds. The largest absolute Gasteiger partial charge is 0.396 e. The summed E-state index contributed by atoms with van der Waals surface area (Å²) in [6.45, 7) is 0.181. The van der Waals surface area contributed by atoms with Gasteiger partial charge >= 0.3 is 0 Å². The summed E-state index contributed by atoms with van der Waals surface area (Å²) in [7, 11) is 0. The van der Waals surface area contributed by atoms with Crippen LogP contribution in [0.5, 0.6) is 0 Å². The number of aliphatic hydroxyl groups is 1. The van der Waals surface area contributed by atoms with Crippen molar-refractivity contribution in [1.29, 1.82) is 0 Å². The molecule has 0 spiro atoms. The van der Waals surface area contributed by atoms with Crippen molar-refractivity contribution in [2.24, 2.45) is 5.73 Å². The van der Waals surface area contributed by atoms with Gasteiger partial charge in [0.1, 0.15) is 0 Å². The van der Waals surface area contributed by atoms with E-state index in [1.54, 1.807) is 11.8 Å². The van der Waals surface area contributed by atoms with Crippen molar-refractivity contribution in [3.8, 4) is 0 Å². The number of rotatable bonds is 6. The zero-order valence-electron chi connectivity index (χ0n) is 11.5. The van der Waals surface area contributed by atoms with Crippen LogP contribution in [0.4, 0.5) is 0 Å². The molecule has 0 heterocycles. The standard InChI is InChI=1S/C16H18ClNOS.ClH/c17-12-7-9-13(10-8-12)20-16-6-2-1-4-14(16)15(18)5-3-11-19;/h1-2,4,6-10,15,19H,3,5,11,18H2;1H/t15-;/m1./s1. The van der Waals surface area contributed by atoms with Crippen molar-refractivity contribution in [2.45, 2.75) is 28.7 Å². The maximum absolute atomic E-state index is 8.92. The first-order valence-corrected chi connectivity index (χ1v) is 7.79. The van der Waals surface area contributed by atoms with E-state index in [1.807, 2.05) is 36.4 Å². The Kier molecular flexibility index (Phi) is 8.15. The second-order valence-electron chi connectivity index (χ2n) is 4.57. The van der Waals surface area contributed by atoms with Crippen molar-refractivity contribution < 1.29 is 5.11 Å². The Bertz CT molecular complexity index is 548. The minimum absolute atomic E-state index is 0. The first-order valence-electron chi connectivity index (χ1n) is 6.59. The van der Waals surface area contributed by atoms with E-state index in [2.05, 4.69) is 12.1 Å². The van der Waals surface area contributed by atoms with Gasteiger partial charge in [-0.3, -0.25) is 0 Å². The Morgan fingerprint density at radius 3 is 2.43 bits per heavy atom. The van der Waals surface area contributed by atoms with Crippen molar-refractivity contribution in [3.05, 3.63) is 59.1 Å². The van der Waals surface area contributed by atoms with E-state index < -0.39 is 0 Å². The lowest BCUT2D eigenvalue weighted by molar-refractivity contribution is 0.279. The molecule has 3 N–H and O–H groups in total. The second kappa shape index (κ2) is 9.34. The number of nitrogens with two attached hydrogens (primary N) is 1. The molecule has 5 heteroatoms. The number of hydrogen-bond acceptors (Lipinski definition) is 3. The zero-order valence-corrected chi connectivity index (χ0v) is 13.9. The highest BCUT2D eigenvalue weighted by Crippen LogP contribution is 2.34. The monoisotopic (exact) mass is 343 g/mol. The van der Waals surface area contributed by atoms with Crippen LogP contribution in [0.15, 0.2) is 58.3 Å². The fourth-order valence-electron chi connectivity index (χ4n) is 1.98. The SMILES string of the molecule is Cl.N[C@H](CCCO)c1ccccc1Sc1ccc(Cl)cc1. The maximum Gasteiger partial charge on any atom is 0.0431 e. The molecular formula is C16H19Cl2NOS. The smallest absolute Gasteiger partial charge is 0.0431 e. The van der Waals surface area contributed by atoms with Crippen LogP contribution in [0.25, 0.3) is 0 Å². The third-order valence-electron chi connectivity index (χ3n) is 3.03. The summed E-state index contributed by atoms with van der Waals surface area (Å²) in [6, 6.07) is 15.9. The van der Waals surface area contributed by atoms with Gasteiger partial charge in [-0.15, -0.1) is 12.4 Å². The van der Waals surface area contributed by atoms with Gasteiger partial charge in [-0.1, -0.05) is 41.6 Å². The molecule has 114 valence electrons. The third-order valence-corrected chi connectivity index (χ3v) is 4.38. The van der Waals surface area contributed by atoms with Gasteiger partial charge in [-0.2, -0.15) is 0 Å². The van der Waals surface area contributed by atoms with Crippen molar-refractivity contribution >= 4 is 35.8 Å². The first kappa shape index (κ1) is 18.3. The van der Waals surface area contributed by atoms with Gasteiger partial charge in [0.15, 0.2) is 0 Å². The molecule has 0 aliphatic rings. The first-order chi connectivity index (χ1) is 9.70. The molecule has 0 radical (unpaired) electrons. The molecule has 0 unspecified atom stereocenters. The molecule has 2 rings (SSSR count). The van der Waals surface area contributed by atoms with Gasteiger partial charge in [0, 0.05) is 27.5 Å². The Labute approximate surface area is 141 Å². The molecule has 0 aliphatic carbocycles. The minimum Gasteiger partial charge on any atom is -0.396 e. The van der Waals surface area contributed by atoms with Crippen LogP contribution in [0.2, 0.25) is 5.02 Å². The van der Waals surface area contributed by atoms with Crippen molar-refractivity contribution in [2.75, 3.05) is 6.61 Å². The van der Waals surface area contributed by atoms with Crippen LogP contribution < -0.4 is 5.73 Å². The molecule has 0 aromatic heterocycles. The van der Waals surface area contributed by atoms with E-state index in [0.717, 1.165) is 33.2 Å². The molecule has 2 aromatic rings. The number of hydrogen-bond donors (Lipinski definition) is 2. The molecule has 0 saturated heterocycles. The molecule has 2 aromatic carbocycles. The van der Waals surface area contributed by atoms with E-state index in [-0.39, 0.29) is 25.1 Å². The summed E-state index contributed by atoms with van der Waals surface area (Å²) in [5.74, 6) is 0. The fraction of sp³-hybridized carbons (Fsp3) is 0.250. The number of aliphatic hydroxyl groups excluding tert-OH is 1. The summed E-state index contributed by atoms with van der Waals surface area (Å²) in [4.78, 5) is 2.29. The van der Waals surface area contributed by atoms with Gasteiger partial charge < -0.3 is 10.8 Å². The van der Waals surface area contributed by atoms with Gasteiger partial charge in [-0.05, 0) is 48.7 Å². The highest BCUT2D eigenvalue weighted by molar-refractivity contribution is 7.99. The quantitative estimate of drug-likeness (QED) is 0.799. The summed E-state index contributed by atoms with van der Waals surface area (Å²) < 4.78 is 0. The van der Waals surface area contributed by atoms with Crippen LogP contribution in [0, 0.1) is 0 Å². The lowest BCUT2D eigenvalue weighted by Gasteiger charge is -2.15. The van der Waals surface area contributed by atoms with Gasteiger partial charge in [0.2, 0.25) is 0 Å². The predicted octanol–water partition coefficient (Wildman–Crippen LogP) is 4.69. The minimum atomic E-state index is -0.0434. The fourth-order valence-corrected chi connectivity index (χ4v) is 3.11. The summed E-state index contributed by atoms with van der Waals surface area (Å²) in [5.41, 5.74) is 7.34. The van der Waals surface area contributed by atoms with E-state index in [4.69, 9.17) is 22.4 Å². The van der Waals surface area contributed by atoms with Crippen LogP contribution >= 0.6 is 35.8 Å². The molecule has 21 heavy (non-hydrogen) atoms. The molecule has 1 atom stereocenters. The van der Waals surface area contributed by atoms with E-state index in [1.165, 1.54) is 0 Å². The van der Waals surface area contributed by atoms with Crippen molar-refractivity contribution in [1.82, 2.24) is 0 Å². The summed E-state index contributed by atoms with van der Waals surface area (Å²) >= 11 is 7.58. The van der Waals surface area contributed by atoms with Crippen LogP contribution in [-0.4, -0.2) is 11.7 Å². The van der Waals surface area contributed by atoms with E-state index in [0.29, 0.717) is 0 Å². The topological polar surface area (TPSA) is 46.2 Å². The molecule has 0 bridgehead atoms. The second-order valence-corrected chi connectivity index (χ2v) is 6.12. The highest BCUT2D eigenvalue weighted by Gasteiger charge is 2.11. The van der Waals surface area contributed by atoms with Gasteiger partial charge in [-0.25, -0.2) is 0 Å². The van der Waals surface area contributed by atoms with Crippen LogP contribution in [0.3, 0.4) is 0 Å². The number of halogens is 2. The van der Waals surface area contributed by atoms with Gasteiger partial charge in [0.25, 0.3) is 0 Å². The summed E-state index contributed by atoms with van der Waals surface area (Å²) in [5, 5.41) is 9.66. The summed E-state index contributed by atoms with van der Waals surface area (Å²) in [6.07, 6.45) is 1.51. The average molecular weight is 344 g/mol. The molecule has 2 nitrogen and oxygen atoms in total. The molecule has 0 aliphatic heterocycles.